The van der Waals surface area contributed by atoms with Crippen LogP contribution in [0.1, 0.15) is 5.69 Å². The van der Waals surface area contributed by atoms with Crippen molar-refractivity contribution >= 4 is 29.2 Å². The van der Waals surface area contributed by atoms with Gasteiger partial charge in [0, 0.05) is 23.3 Å². The van der Waals surface area contributed by atoms with Gasteiger partial charge in [0.1, 0.15) is 11.4 Å². The number of halogens is 1. The van der Waals surface area contributed by atoms with E-state index in [0.717, 1.165) is 34.1 Å². The third kappa shape index (κ3) is 3.25. The zero-order chi connectivity index (χ0) is 17.2. The number of hydrogen-bond acceptors (Lipinski definition) is 6. The molecule has 0 spiro atoms. The molecular formula is C17H15ClN4O2S. The van der Waals surface area contributed by atoms with Crippen molar-refractivity contribution in [1.29, 1.82) is 0 Å². The Morgan fingerprint density at radius 2 is 2.24 bits per heavy atom. The van der Waals surface area contributed by atoms with Crippen LogP contribution in [0.2, 0.25) is 5.02 Å². The van der Waals surface area contributed by atoms with Crippen molar-refractivity contribution < 1.29 is 9.47 Å². The van der Waals surface area contributed by atoms with Crippen LogP contribution < -0.4 is 14.2 Å². The molecule has 2 aromatic heterocycles. The van der Waals surface area contributed by atoms with Crippen LogP contribution in [-0.4, -0.2) is 28.5 Å². The SMILES string of the molecule is COc1ccc(Cl)cc1SNc1cnc2c(c1)-n1nccc1CCO2. The standard InChI is InChI=1S/C17H15ClN4O2S/c1-23-15-3-2-11(18)8-16(15)25-21-12-9-14-17(19-10-12)24-7-5-13-4-6-20-22(13)14/h2-4,6,8-10,21H,5,7H2,1H3. The predicted octanol–water partition coefficient (Wildman–Crippen LogP) is 3.98. The molecule has 1 aliphatic heterocycles. The van der Waals surface area contributed by atoms with Crippen molar-refractivity contribution in [3.05, 3.63) is 53.4 Å². The molecule has 0 radical (unpaired) electrons. The van der Waals surface area contributed by atoms with Crippen LogP contribution in [0.3, 0.4) is 0 Å². The molecule has 6 nitrogen and oxygen atoms in total. The summed E-state index contributed by atoms with van der Waals surface area (Å²) in [4.78, 5) is 5.30. The van der Waals surface area contributed by atoms with Crippen LogP contribution in [0.4, 0.5) is 5.69 Å². The number of fused-ring (bicyclic) bond motifs is 3. The van der Waals surface area contributed by atoms with Crippen LogP contribution in [0.25, 0.3) is 5.69 Å². The number of methoxy groups -OCH3 is 1. The van der Waals surface area contributed by atoms with E-state index in [1.807, 2.05) is 28.9 Å². The second-order valence-corrected chi connectivity index (χ2v) is 6.66. The number of anilines is 1. The minimum atomic E-state index is 0.582. The highest BCUT2D eigenvalue weighted by Gasteiger charge is 2.17. The van der Waals surface area contributed by atoms with E-state index < -0.39 is 0 Å². The summed E-state index contributed by atoms with van der Waals surface area (Å²) in [5.74, 6) is 1.33. The Hall–Kier alpha value is -2.38. The summed E-state index contributed by atoms with van der Waals surface area (Å²) in [7, 11) is 1.63. The monoisotopic (exact) mass is 374 g/mol. The average Bonchev–Trinajstić information content (AvgIpc) is 3.02. The second kappa shape index (κ2) is 6.85. The first-order chi connectivity index (χ1) is 12.2. The van der Waals surface area contributed by atoms with Gasteiger partial charge in [-0.05, 0) is 42.3 Å². The maximum atomic E-state index is 6.08. The lowest BCUT2D eigenvalue weighted by molar-refractivity contribution is 0.314. The van der Waals surface area contributed by atoms with Crippen molar-refractivity contribution in [2.75, 3.05) is 18.4 Å². The average molecular weight is 375 g/mol. The first-order valence-electron chi connectivity index (χ1n) is 7.67. The molecule has 0 amide bonds. The van der Waals surface area contributed by atoms with Crippen molar-refractivity contribution in [3.8, 4) is 17.3 Å². The molecule has 1 N–H and O–H groups in total. The van der Waals surface area contributed by atoms with E-state index in [4.69, 9.17) is 21.1 Å². The summed E-state index contributed by atoms with van der Waals surface area (Å²) < 4.78 is 16.2. The summed E-state index contributed by atoms with van der Waals surface area (Å²) in [5.41, 5.74) is 2.75. The fourth-order valence-corrected chi connectivity index (χ4v) is 3.61. The molecule has 0 saturated heterocycles. The maximum absolute atomic E-state index is 6.08. The van der Waals surface area contributed by atoms with Gasteiger partial charge >= 0.3 is 0 Å². The number of rotatable bonds is 4. The smallest absolute Gasteiger partial charge is 0.240 e. The Morgan fingerprint density at radius 3 is 3.12 bits per heavy atom. The third-order valence-corrected chi connectivity index (χ3v) is 4.89. The highest BCUT2D eigenvalue weighted by molar-refractivity contribution is 8.00. The van der Waals surface area contributed by atoms with Gasteiger partial charge in [-0.3, -0.25) is 0 Å². The van der Waals surface area contributed by atoms with Gasteiger partial charge in [-0.1, -0.05) is 11.6 Å². The molecule has 1 aliphatic rings. The van der Waals surface area contributed by atoms with E-state index in [2.05, 4.69) is 14.8 Å². The minimum Gasteiger partial charge on any atom is -0.496 e. The largest absolute Gasteiger partial charge is 0.496 e. The number of hydrogen-bond donors (Lipinski definition) is 1. The maximum Gasteiger partial charge on any atom is 0.240 e. The van der Waals surface area contributed by atoms with E-state index in [9.17, 15) is 0 Å². The summed E-state index contributed by atoms with van der Waals surface area (Å²) >= 11 is 7.48. The zero-order valence-corrected chi connectivity index (χ0v) is 15.0. The van der Waals surface area contributed by atoms with Crippen molar-refractivity contribution in [2.45, 2.75) is 11.3 Å². The van der Waals surface area contributed by atoms with E-state index in [0.29, 0.717) is 17.5 Å². The first-order valence-corrected chi connectivity index (χ1v) is 8.86. The molecule has 0 atom stereocenters. The molecule has 0 unspecified atom stereocenters. The van der Waals surface area contributed by atoms with Gasteiger partial charge in [-0.25, -0.2) is 9.67 Å². The van der Waals surface area contributed by atoms with Crippen molar-refractivity contribution in [1.82, 2.24) is 14.8 Å². The van der Waals surface area contributed by atoms with Gasteiger partial charge in [0.2, 0.25) is 5.88 Å². The quantitative estimate of drug-likeness (QED) is 0.697. The summed E-state index contributed by atoms with van der Waals surface area (Å²) in [6.45, 7) is 0.590. The molecule has 0 saturated carbocycles. The lowest BCUT2D eigenvalue weighted by Gasteiger charge is -2.12. The molecule has 4 rings (SSSR count). The minimum absolute atomic E-state index is 0.582. The molecule has 0 bridgehead atoms. The summed E-state index contributed by atoms with van der Waals surface area (Å²) in [6, 6.07) is 9.44. The van der Waals surface area contributed by atoms with Crippen molar-refractivity contribution in [2.24, 2.45) is 0 Å². The lowest BCUT2D eigenvalue weighted by Crippen LogP contribution is -2.02. The first kappa shape index (κ1) is 16.1. The number of nitrogens with one attached hydrogen (secondary N) is 1. The molecule has 128 valence electrons. The van der Waals surface area contributed by atoms with E-state index in [1.165, 1.54) is 11.9 Å². The number of benzene rings is 1. The lowest BCUT2D eigenvalue weighted by atomic mass is 10.3. The number of nitrogens with zero attached hydrogens (tertiary/aromatic N) is 3. The van der Waals surface area contributed by atoms with Gasteiger partial charge < -0.3 is 14.2 Å². The normalized spacial score (nSPS) is 12.6. The predicted molar refractivity (Wildman–Crippen MR) is 98.0 cm³/mol. The third-order valence-electron chi connectivity index (χ3n) is 3.78. The summed E-state index contributed by atoms with van der Waals surface area (Å²) in [5, 5.41) is 5.03. The molecule has 3 aromatic rings. The highest BCUT2D eigenvalue weighted by Crippen LogP contribution is 2.34. The Morgan fingerprint density at radius 1 is 1.32 bits per heavy atom. The molecule has 0 fully saturated rings. The van der Waals surface area contributed by atoms with Gasteiger partial charge in [0.15, 0.2) is 0 Å². The Balaban J connectivity index is 1.61. The second-order valence-electron chi connectivity index (χ2n) is 5.38. The fourth-order valence-electron chi connectivity index (χ4n) is 2.59. The van der Waals surface area contributed by atoms with Crippen LogP contribution in [-0.2, 0) is 6.42 Å². The Labute approximate surface area is 154 Å². The van der Waals surface area contributed by atoms with Gasteiger partial charge in [-0.2, -0.15) is 5.10 Å². The Kier molecular flexibility index (Phi) is 4.42. The van der Waals surface area contributed by atoms with Crippen LogP contribution >= 0.6 is 23.5 Å². The van der Waals surface area contributed by atoms with Crippen molar-refractivity contribution in [3.63, 3.8) is 0 Å². The van der Waals surface area contributed by atoms with E-state index >= 15 is 0 Å². The molecule has 25 heavy (non-hydrogen) atoms. The van der Waals surface area contributed by atoms with E-state index in [-0.39, 0.29) is 0 Å². The van der Waals surface area contributed by atoms with Crippen LogP contribution in [0, 0.1) is 0 Å². The van der Waals surface area contributed by atoms with E-state index in [1.54, 1.807) is 25.6 Å². The Bertz CT molecular complexity index is 915. The molecule has 3 heterocycles. The molecule has 1 aromatic carbocycles. The number of aromatic nitrogens is 3. The zero-order valence-electron chi connectivity index (χ0n) is 13.4. The number of pyridine rings is 1. The fraction of sp³-hybridized carbons (Fsp3) is 0.176. The molecular weight excluding hydrogens is 360 g/mol. The van der Waals surface area contributed by atoms with Gasteiger partial charge in [-0.15, -0.1) is 0 Å². The topological polar surface area (TPSA) is 61.2 Å². The highest BCUT2D eigenvalue weighted by atomic mass is 35.5. The number of ether oxygens (including phenoxy) is 2. The van der Waals surface area contributed by atoms with Gasteiger partial charge in [0.25, 0.3) is 0 Å². The summed E-state index contributed by atoms with van der Waals surface area (Å²) in [6.07, 6.45) is 4.32. The molecule has 0 aliphatic carbocycles. The molecule has 8 heteroatoms. The van der Waals surface area contributed by atoms with Gasteiger partial charge in [0.05, 0.1) is 30.5 Å². The van der Waals surface area contributed by atoms with Crippen LogP contribution in [0.15, 0.2) is 47.6 Å². The van der Waals surface area contributed by atoms with Crippen LogP contribution in [0.5, 0.6) is 11.6 Å².